The van der Waals surface area contributed by atoms with Gasteiger partial charge in [-0.25, -0.2) is 26.5 Å². The van der Waals surface area contributed by atoms with E-state index >= 15 is 0 Å². The van der Waals surface area contributed by atoms with Crippen LogP contribution in [0.5, 0.6) is 0 Å². The number of halogens is 3. The molecule has 0 spiro atoms. The first-order valence-electron chi connectivity index (χ1n) is 10.4. The van der Waals surface area contributed by atoms with Crippen molar-refractivity contribution in [3.05, 3.63) is 71.4 Å². The van der Waals surface area contributed by atoms with Gasteiger partial charge in [0.15, 0.2) is 5.65 Å². The molecule has 0 fully saturated rings. The zero-order chi connectivity index (χ0) is 24.5. The van der Waals surface area contributed by atoms with Crippen molar-refractivity contribution >= 4 is 46.4 Å². The molecule has 2 heterocycles. The first-order valence-corrected chi connectivity index (χ1v) is 12.3. The van der Waals surface area contributed by atoms with Gasteiger partial charge in [-0.1, -0.05) is 29.8 Å². The number of fused-ring (bicyclic) bond motifs is 1. The second kappa shape index (κ2) is 9.69. The van der Waals surface area contributed by atoms with Gasteiger partial charge in [0.25, 0.3) is 0 Å². The molecule has 4 aromatic rings. The van der Waals surface area contributed by atoms with Gasteiger partial charge in [-0.2, -0.15) is 9.61 Å². The molecule has 2 aromatic carbocycles. The standard InChI is InChI=1S/C22H21BClF2N5O2S/c1-30(34(32,33)20-11-14(25)7-8-18(20)26)10-4-9-27-21-12-19(15-5-2-3-6-17(15)24)29-22-16(23)13-28-31(21)22/h2-3,5-8,11-13,27H,4,9-10,23H2,1H3. The van der Waals surface area contributed by atoms with Gasteiger partial charge in [0.05, 0.1) is 5.69 Å². The average Bonchev–Trinajstić information content (AvgIpc) is 3.19. The fraction of sp³-hybridized carbons (Fsp3) is 0.182. The molecule has 0 aliphatic heterocycles. The van der Waals surface area contributed by atoms with E-state index in [2.05, 4.69) is 15.4 Å². The number of hydrogen-bond donors (Lipinski definition) is 1. The number of aromatic nitrogens is 3. The lowest BCUT2D eigenvalue weighted by atomic mass is 10.0. The average molecular weight is 504 g/mol. The number of anilines is 1. The largest absolute Gasteiger partial charge is 0.370 e. The summed E-state index contributed by atoms with van der Waals surface area (Å²) in [6, 6.07) is 11.6. The number of nitrogens with zero attached hydrogens (tertiary/aromatic N) is 4. The van der Waals surface area contributed by atoms with Crippen LogP contribution in [0.4, 0.5) is 14.6 Å². The topological polar surface area (TPSA) is 79.6 Å². The molecule has 0 amide bonds. The summed E-state index contributed by atoms with van der Waals surface area (Å²) in [7, 11) is -0.934. The lowest BCUT2D eigenvalue weighted by molar-refractivity contribution is 0.457. The summed E-state index contributed by atoms with van der Waals surface area (Å²) in [5.41, 5.74) is 3.00. The molecule has 4 rings (SSSR count). The maximum Gasteiger partial charge on any atom is 0.245 e. The van der Waals surface area contributed by atoms with E-state index in [-0.39, 0.29) is 6.54 Å². The van der Waals surface area contributed by atoms with E-state index in [1.54, 1.807) is 16.8 Å². The van der Waals surface area contributed by atoms with Crippen molar-refractivity contribution in [2.45, 2.75) is 11.3 Å². The van der Waals surface area contributed by atoms with E-state index in [0.717, 1.165) is 27.5 Å². The Morgan fingerprint density at radius 1 is 1.18 bits per heavy atom. The van der Waals surface area contributed by atoms with E-state index in [1.807, 2.05) is 32.1 Å². The highest BCUT2D eigenvalue weighted by Gasteiger charge is 2.24. The van der Waals surface area contributed by atoms with Gasteiger partial charge in [-0.3, -0.25) is 0 Å². The van der Waals surface area contributed by atoms with Crippen LogP contribution in [0.25, 0.3) is 16.9 Å². The second-order valence-corrected chi connectivity index (χ2v) is 10.2. The summed E-state index contributed by atoms with van der Waals surface area (Å²) in [6.07, 6.45) is 2.11. The first kappa shape index (κ1) is 24.1. The molecule has 2 aromatic heterocycles. The molecule has 0 atom stereocenters. The van der Waals surface area contributed by atoms with Gasteiger partial charge in [-0.15, -0.1) is 0 Å². The minimum atomic E-state index is -4.17. The van der Waals surface area contributed by atoms with Crippen LogP contribution in [-0.4, -0.2) is 55.3 Å². The lowest BCUT2D eigenvalue weighted by Crippen LogP contribution is -2.30. The van der Waals surface area contributed by atoms with E-state index < -0.39 is 26.6 Å². The minimum Gasteiger partial charge on any atom is -0.370 e. The van der Waals surface area contributed by atoms with Gasteiger partial charge in [-0.05, 0) is 36.1 Å². The Hall–Kier alpha value is -3.02. The number of benzene rings is 2. The Balaban J connectivity index is 1.50. The van der Waals surface area contributed by atoms with Crippen LogP contribution in [-0.2, 0) is 10.0 Å². The zero-order valence-corrected chi connectivity index (χ0v) is 20.0. The molecule has 0 saturated carbocycles. The normalized spacial score (nSPS) is 11.9. The third-order valence-corrected chi connectivity index (χ3v) is 7.54. The van der Waals surface area contributed by atoms with E-state index in [1.165, 1.54) is 7.05 Å². The Labute approximate surface area is 201 Å². The van der Waals surface area contributed by atoms with E-state index in [0.29, 0.717) is 41.2 Å². The highest BCUT2D eigenvalue weighted by Crippen LogP contribution is 2.28. The van der Waals surface area contributed by atoms with Gasteiger partial charge < -0.3 is 5.32 Å². The summed E-state index contributed by atoms with van der Waals surface area (Å²) in [5.74, 6) is -1.15. The molecule has 1 N–H and O–H groups in total. The van der Waals surface area contributed by atoms with E-state index in [9.17, 15) is 17.2 Å². The summed E-state index contributed by atoms with van der Waals surface area (Å²) < 4.78 is 55.4. The van der Waals surface area contributed by atoms with Crippen molar-refractivity contribution in [3.8, 4) is 11.3 Å². The molecule has 7 nitrogen and oxygen atoms in total. The number of nitrogens with one attached hydrogen (secondary N) is 1. The Kier molecular flexibility index (Phi) is 6.87. The third kappa shape index (κ3) is 4.77. The third-order valence-electron chi connectivity index (χ3n) is 5.34. The van der Waals surface area contributed by atoms with Crippen LogP contribution in [0, 0.1) is 11.6 Å². The SMILES string of the molecule is Bc1cnn2c(NCCCN(C)S(=O)(=O)c3cc(F)ccc3F)cc(-c3ccccc3Cl)nc12. The van der Waals surface area contributed by atoms with Crippen molar-refractivity contribution < 1.29 is 17.2 Å². The van der Waals surface area contributed by atoms with Crippen LogP contribution < -0.4 is 10.8 Å². The van der Waals surface area contributed by atoms with E-state index in [4.69, 9.17) is 11.6 Å². The summed E-state index contributed by atoms with van der Waals surface area (Å²) in [6.45, 7) is 0.487. The molecule has 0 saturated heterocycles. The van der Waals surface area contributed by atoms with Crippen LogP contribution in [0.15, 0.2) is 59.6 Å². The fourth-order valence-corrected chi connectivity index (χ4v) is 5.00. The smallest absolute Gasteiger partial charge is 0.245 e. The predicted molar refractivity (Wildman–Crippen MR) is 131 cm³/mol. The predicted octanol–water partition coefficient (Wildman–Crippen LogP) is 2.71. The van der Waals surface area contributed by atoms with Gasteiger partial charge in [0.2, 0.25) is 10.0 Å². The van der Waals surface area contributed by atoms with Crippen LogP contribution in [0.1, 0.15) is 6.42 Å². The maximum absolute atomic E-state index is 14.0. The lowest BCUT2D eigenvalue weighted by Gasteiger charge is -2.18. The van der Waals surface area contributed by atoms with Crippen molar-refractivity contribution in [2.24, 2.45) is 0 Å². The molecular formula is C22H21BClF2N5O2S. The number of rotatable bonds is 8. The molecule has 0 unspecified atom stereocenters. The first-order chi connectivity index (χ1) is 16.2. The molecule has 176 valence electrons. The molecule has 0 radical (unpaired) electrons. The van der Waals surface area contributed by atoms with Crippen molar-refractivity contribution in [1.29, 1.82) is 0 Å². The van der Waals surface area contributed by atoms with Crippen LogP contribution >= 0.6 is 11.6 Å². The highest BCUT2D eigenvalue weighted by atomic mass is 35.5. The monoisotopic (exact) mass is 503 g/mol. The maximum atomic E-state index is 14.0. The fourth-order valence-electron chi connectivity index (χ4n) is 3.49. The van der Waals surface area contributed by atoms with Gasteiger partial charge in [0, 0.05) is 43.0 Å². The molecule has 34 heavy (non-hydrogen) atoms. The zero-order valence-electron chi connectivity index (χ0n) is 18.5. The van der Waals surface area contributed by atoms with Crippen molar-refractivity contribution in [1.82, 2.24) is 18.9 Å². The molecule has 0 bridgehead atoms. The highest BCUT2D eigenvalue weighted by molar-refractivity contribution is 7.89. The molecule has 0 aliphatic carbocycles. The Morgan fingerprint density at radius 3 is 2.71 bits per heavy atom. The van der Waals surface area contributed by atoms with Crippen molar-refractivity contribution in [3.63, 3.8) is 0 Å². The molecule has 12 heteroatoms. The summed E-state index contributed by atoms with van der Waals surface area (Å²) in [4.78, 5) is 4.00. The molecular weight excluding hydrogens is 483 g/mol. The summed E-state index contributed by atoms with van der Waals surface area (Å²) >= 11 is 6.36. The van der Waals surface area contributed by atoms with Crippen molar-refractivity contribution in [2.75, 3.05) is 25.5 Å². The quantitative estimate of drug-likeness (QED) is 0.295. The van der Waals surface area contributed by atoms with Crippen LogP contribution in [0.2, 0.25) is 5.02 Å². The minimum absolute atomic E-state index is 0.0923. The Morgan fingerprint density at radius 2 is 1.94 bits per heavy atom. The summed E-state index contributed by atoms with van der Waals surface area (Å²) in [5, 5.41) is 8.19. The van der Waals surface area contributed by atoms with Gasteiger partial charge >= 0.3 is 0 Å². The van der Waals surface area contributed by atoms with Gasteiger partial charge in [0.1, 0.15) is 30.2 Å². The Bertz CT molecular complexity index is 1470. The number of sulfonamides is 1. The number of hydrogen-bond acceptors (Lipinski definition) is 5. The van der Waals surface area contributed by atoms with Crippen LogP contribution in [0.3, 0.4) is 0 Å². The second-order valence-electron chi connectivity index (χ2n) is 7.75. The molecule has 0 aliphatic rings.